The summed E-state index contributed by atoms with van der Waals surface area (Å²) >= 11 is 0. The van der Waals surface area contributed by atoms with E-state index < -0.39 is 64.4 Å². The molecule has 38 nitrogen and oxygen atoms in total. The van der Waals surface area contributed by atoms with Crippen LogP contribution in [0, 0.1) is 76.2 Å². The summed E-state index contributed by atoms with van der Waals surface area (Å²) in [6, 6.07) is 32.9. The van der Waals surface area contributed by atoms with Gasteiger partial charge in [0.1, 0.15) is 25.4 Å². The molecule has 0 spiro atoms. The Morgan fingerprint density at radius 1 is 0.412 bits per heavy atom. The highest BCUT2D eigenvalue weighted by Crippen LogP contribution is 2.33. The van der Waals surface area contributed by atoms with Crippen LogP contribution in [0.15, 0.2) is 202 Å². The van der Waals surface area contributed by atoms with Crippen molar-refractivity contribution in [2.24, 2.45) is 46.6 Å². The molecule has 14 N–H and O–H groups in total. The van der Waals surface area contributed by atoms with Crippen LogP contribution in [0.2, 0.25) is 0 Å². The Bertz CT molecular complexity index is 6050. The van der Waals surface area contributed by atoms with E-state index in [2.05, 4.69) is 70.9 Å². The third-order valence-corrected chi connectivity index (χ3v) is 19.8. The van der Waals surface area contributed by atoms with E-state index in [0.29, 0.717) is 39.6 Å². The van der Waals surface area contributed by atoms with Crippen LogP contribution in [0.3, 0.4) is 0 Å². The molecule has 0 aliphatic carbocycles. The maximum absolute atomic E-state index is 13.0. The zero-order chi connectivity index (χ0) is 84.2. The molecule has 0 atom stereocenters. The van der Waals surface area contributed by atoms with Crippen molar-refractivity contribution >= 4 is 87.4 Å². The number of benzene rings is 7. The van der Waals surface area contributed by atoms with Gasteiger partial charge in [0.25, 0.3) is 58.5 Å². The maximum Gasteiger partial charge on any atom is 0.299 e. The molecule has 0 aliphatic rings. The number of anilines is 1. The molecule has 4 aromatic heterocycles. The average molecular weight is 1630 g/mol. The van der Waals surface area contributed by atoms with E-state index in [1.165, 1.54) is 43.3 Å². The summed E-state index contributed by atoms with van der Waals surface area (Å²) in [5, 5.41) is 77.5. The van der Waals surface area contributed by atoms with Gasteiger partial charge < -0.3 is 16.6 Å². The monoisotopic (exact) mass is 1630 g/mol. The fourth-order valence-electron chi connectivity index (χ4n) is 11.0. The molecule has 1 amide bonds. The van der Waals surface area contributed by atoms with Crippen molar-refractivity contribution in [2.45, 2.75) is 124 Å². The molecule has 7 aromatic carbocycles. The molecule has 114 heavy (non-hydrogen) atoms. The molecule has 0 unspecified atom stereocenters. The number of nitrogen functional groups attached to an aromatic ring is 1. The first-order chi connectivity index (χ1) is 53.6. The van der Waals surface area contributed by atoms with Gasteiger partial charge in [-0.2, -0.15) is 45.7 Å². The molecule has 0 radical (unpaired) electrons. The predicted octanol–water partition coefficient (Wildman–Crippen LogP) is 13.5. The summed E-state index contributed by atoms with van der Waals surface area (Å²) in [7, 11) is -13.3. The quantitative estimate of drug-likeness (QED) is 0.00985. The molecule has 0 saturated carbocycles. The number of carbonyl (C=O) groups excluding carboxylic acids is 1. The van der Waals surface area contributed by atoms with Crippen LogP contribution < -0.4 is 33.7 Å². The van der Waals surface area contributed by atoms with Crippen molar-refractivity contribution < 1.29 is 79.2 Å². The lowest BCUT2D eigenvalue weighted by Gasteiger charge is -2.13. The van der Waals surface area contributed by atoms with E-state index in [0.717, 1.165) is 87.4 Å². The van der Waals surface area contributed by atoms with Crippen molar-refractivity contribution in [3.8, 4) is 22.9 Å². The number of nitrogens with zero attached hydrogens (tertiary/aromatic N) is 12. The Kier molecular flexibility index (Phi) is 28.1. The Balaban J connectivity index is 0.000000191. The van der Waals surface area contributed by atoms with Crippen LogP contribution in [0.1, 0.15) is 95.6 Å². The Hall–Kier alpha value is -12.5. The minimum atomic E-state index is -4.47. The summed E-state index contributed by atoms with van der Waals surface area (Å²) in [6.45, 7) is 20.6. The highest BCUT2D eigenvalue weighted by atomic mass is 32.2. The number of pyridine rings is 1. The highest BCUT2D eigenvalue weighted by molar-refractivity contribution is 7.86. The van der Waals surface area contributed by atoms with Gasteiger partial charge in [0, 0.05) is 17.8 Å². The third-order valence-electron chi connectivity index (χ3n) is 17.2. The number of H-pyrrole nitrogens is 3. The van der Waals surface area contributed by atoms with Crippen LogP contribution in [-0.2, 0) is 71.4 Å². The SMILES string of the molecule is CCn1c(O)c(C(N)=O)c(C)c(N=Nc2cc(N)c(C)cc2C)c1=O.Cc1ccc(C)c(N=Nc2c(COO)[nH]n(-c3cc(S(=O)(=O)O)ccc3C)c2=O)c1.Cc1ccc(C)c(N=Nc2c(COO)[nH]n(-c3cc(S(=O)(=O)O)ccc3C)c2=O)c1.Cc1ccc(N=Nc2c(COO)[nH]n(-c3ccc(S(=O)(=O)O)cc3)c2=O)c(C)c1. The van der Waals surface area contributed by atoms with E-state index in [9.17, 15) is 63.4 Å². The number of nitrogens with one attached hydrogen (secondary N) is 3. The molecular weight excluding hydrogens is 1550 g/mol. The van der Waals surface area contributed by atoms with Crippen molar-refractivity contribution in [3.05, 3.63) is 253 Å². The Labute approximate surface area is 649 Å². The fourth-order valence-corrected chi connectivity index (χ4v) is 12.4. The first-order valence-electron chi connectivity index (χ1n) is 33.7. The van der Waals surface area contributed by atoms with Gasteiger partial charge in [0.15, 0.2) is 22.7 Å². The van der Waals surface area contributed by atoms with Crippen LogP contribution in [-0.4, -0.2) is 99.6 Å². The molecule has 0 bridgehead atoms. The highest BCUT2D eigenvalue weighted by Gasteiger charge is 2.25. The summed E-state index contributed by atoms with van der Waals surface area (Å²) in [5.41, 5.74) is 20.9. The largest absolute Gasteiger partial charge is 0.494 e. The van der Waals surface area contributed by atoms with Gasteiger partial charge in [0.05, 0.1) is 71.6 Å². The molecule has 600 valence electrons. The van der Waals surface area contributed by atoms with Crippen LogP contribution in [0.5, 0.6) is 5.88 Å². The smallest absolute Gasteiger partial charge is 0.299 e. The van der Waals surface area contributed by atoms with Crippen LogP contribution in [0.25, 0.3) is 17.1 Å². The predicted molar refractivity (Wildman–Crippen MR) is 416 cm³/mol. The molecule has 41 heteroatoms. The van der Waals surface area contributed by atoms with E-state index in [1.54, 1.807) is 32.9 Å². The number of aryl methyl sites for hydroxylation is 10. The van der Waals surface area contributed by atoms with E-state index in [-0.39, 0.29) is 109 Å². The number of primary amides is 1. The van der Waals surface area contributed by atoms with Gasteiger partial charge in [-0.25, -0.2) is 28.7 Å². The average Bonchev–Trinajstić information content (AvgIpc) is 1.35. The van der Waals surface area contributed by atoms with Crippen LogP contribution >= 0.6 is 0 Å². The maximum atomic E-state index is 13.0. The van der Waals surface area contributed by atoms with Crippen molar-refractivity contribution in [3.63, 3.8) is 0 Å². The lowest BCUT2D eigenvalue weighted by atomic mass is 10.1. The van der Waals surface area contributed by atoms with Crippen LogP contribution in [0.4, 0.5) is 51.2 Å². The van der Waals surface area contributed by atoms with Gasteiger partial charge in [0.2, 0.25) is 5.88 Å². The molecule has 0 fully saturated rings. The van der Waals surface area contributed by atoms with Gasteiger partial charge in [-0.15, -0.1) is 20.5 Å². The number of aromatic nitrogens is 7. The summed E-state index contributed by atoms with van der Waals surface area (Å²) in [5.74, 6) is -1.31. The first kappa shape index (κ1) is 87.1. The molecule has 0 saturated heterocycles. The number of hydrogen-bond donors (Lipinski definition) is 12. The summed E-state index contributed by atoms with van der Waals surface area (Å²) in [4.78, 5) is 74.3. The number of aromatic amines is 3. The lowest BCUT2D eigenvalue weighted by molar-refractivity contribution is -0.253. The molecule has 11 aromatic rings. The van der Waals surface area contributed by atoms with E-state index >= 15 is 0 Å². The second kappa shape index (κ2) is 36.8. The number of rotatable bonds is 22. The van der Waals surface area contributed by atoms with Crippen molar-refractivity contribution in [2.75, 3.05) is 5.73 Å². The number of amides is 1. The summed E-state index contributed by atoms with van der Waals surface area (Å²) in [6.07, 6.45) is 0. The zero-order valence-electron chi connectivity index (χ0n) is 63.0. The van der Waals surface area contributed by atoms with E-state index in [1.807, 2.05) is 110 Å². The van der Waals surface area contributed by atoms with Crippen molar-refractivity contribution in [1.29, 1.82) is 0 Å². The molecule has 11 rings (SSSR count). The number of aromatic hydroxyl groups is 1. The molecule has 4 heterocycles. The summed E-state index contributed by atoms with van der Waals surface area (Å²) < 4.78 is 100. The number of hydrogen-bond acceptors (Lipinski definition) is 27. The van der Waals surface area contributed by atoms with Gasteiger partial charge in [-0.05, 0) is 206 Å². The molecule has 0 aliphatic heterocycles. The normalized spacial score (nSPS) is 11.8. The number of azo groups is 4. The molecular formula is C73H79N17O21S3. The second-order valence-electron chi connectivity index (χ2n) is 25.6. The Morgan fingerprint density at radius 2 is 0.772 bits per heavy atom. The standard InChI is InChI=1S/2C19H20N4O6S.C18H18N4O6S.C17H21N5O3/c2*1-11-4-5-12(2)15(8-11)20-21-18-16(10-29-25)22-23(19(18)24)17-9-14(30(26,27)28)7-6-13(17)3;1-11-3-8-15(12(2)9-11)19-20-17-16(10-28-24)21-22(18(17)23)13-4-6-14(7-5-13)29(25,26)27;1-5-22-16(24)13(15(19)23)10(4)14(17(22)25)21-20-12-7-11(18)8(2)6-9(12)3/h2*4-9,22,25H,10H2,1-3H3,(H,26,27,28);3-9,21,24H,10H2,1-2H3,(H,25,26,27);6-7,24H,5,18H2,1-4H3,(H2,19,23). The first-order valence-corrected chi connectivity index (χ1v) is 38.0. The third kappa shape index (κ3) is 20.8. The minimum absolute atomic E-state index is 0.0491. The minimum Gasteiger partial charge on any atom is -0.494 e. The Morgan fingerprint density at radius 3 is 1.18 bits per heavy atom. The van der Waals surface area contributed by atoms with E-state index in [4.69, 9.17) is 31.8 Å². The lowest BCUT2D eigenvalue weighted by Crippen LogP contribution is -2.25. The van der Waals surface area contributed by atoms with Gasteiger partial charge >= 0.3 is 0 Å². The van der Waals surface area contributed by atoms with Gasteiger partial charge in [-0.3, -0.25) is 73.3 Å². The van der Waals surface area contributed by atoms with Crippen molar-refractivity contribution in [1.82, 2.24) is 33.9 Å². The van der Waals surface area contributed by atoms with Gasteiger partial charge in [-0.1, -0.05) is 60.2 Å². The second-order valence-corrected chi connectivity index (χ2v) is 29.9. The zero-order valence-corrected chi connectivity index (χ0v) is 65.5. The fraction of sp³-hybridized carbons (Fsp3) is 0.219. The topological polar surface area (TPSA) is 575 Å². The number of nitrogens with two attached hydrogens (primary N) is 2. The number of carbonyl (C=O) groups is 1.